The predicted molar refractivity (Wildman–Crippen MR) is 47.8 cm³/mol. The molecule has 0 aromatic carbocycles. The van der Waals surface area contributed by atoms with E-state index in [4.69, 9.17) is 11.2 Å². The number of aldehydes is 1. The first-order chi connectivity index (χ1) is 7.47. The molecule has 0 aromatic rings. The number of carbonyl (C=O) groups excluding carboxylic acids is 1. The molecule has 0 amide bonds. The van der Waals surface area contributed by atoms with Crippen LogP contribution in [0.1, 0.15) is 1.37 Å². The zero-order chi connectivity index (χ0) is 12.3. The van der Waals surface area contributed by atoms with Gasteiger partial charge in [0.05, 0.1) is 19.2 Å². The molecule has 5 atom stereocenters. The van der Waals surface area contributed by atoms with Crippen molar-refractivity contribution in [2.24, 2.45) is 0 Å². The molecule has 0 aromatic heterocycles. The molecule has 1 rings (SSSR count). The van der Waals surface area contributed by atoms with Crippen molar-refractivity contribution in [3.8, 4) is 0 Å². The molecule has 1 saturated heterocycles. The summed E-state index contributed by atoms with van der Waals surface area (Å²) in [7, 11) is 0. The number of aliphatic hydroxyl groups is 4. The minimum absolute atomic E-state index is 0.376. The fourth-order valence-corrected chi connectivity index (χ4v) is 1.48. The van der Waals surface area contributed by atoms with E-state index >= 15 is 0 Å². The summed E-state index contributed by atoms with van der Waals surface area (Å²) < 4.78 is 11.5. The maximum Gasteiger partial charge on any atom is 0.173 e. The molecular weight excluding hydrogens is 206 g/mol. The van der Waals surface area contributed by atoms with Crippen LogP contribution in [0.25, 0.3) is 0 Å². The number of rotatable bonds is 4. The summed E-state index contributed by atoms with van der Waals surface area (Å²) >= 11 is 0. The van der Waals surface area contributed by atoms with Gasteiger partial charge >= 0.3 is 0 Å². The minimum Gasteiger partial charge on any atom is -0.394 e. The number of hydrogen-bond donors (Lipinski definition) is 5. The zero-order valence-electron chi connectivity index (χ0n) is 8.91. The van der Waals surface area contributed by atoms with Gasteiger partial charge in [0, 0.05) is 0 Å². The molecule has 7 nitrogen and oxygen atoms in total. The van der Waals surface area contributed by atoms with Crippen LogP contribution in [0.5, 0.6) is 0 Å². The normalized spacial score (nSPS) is 42.4. The second kappa shape index (κ2) is 5.50. The molecule has 0 radical (unpaired) electrons. The molecular formula is C8H15NO6. The molecule has 1 unspecified atom stereocenters. The van der Waals surface area contributed by atoms with Gasteiger partial charge in [0.2, 0.25) is 0 Å². The highest BCUT2D eigenvalue weighted by Crippen LogP contribution is 2.19. The number of ether oxygens (including phenoxy) is 1. The Bertz CT molecular complexity index is 253. The first kappa shape index (κ1) is 10.9. The Morgan fingerprint density at radius 1 is 1.40 bits per heavy atom. The maximum absolute atomic E-state index is 10.4. The molecule has 1 aliphatic rings. The molecule has 15 heavy (non-hydrogen) atoms. The number of carbonyl (C=O) groups is 1. The van der Waals surface area contributed by atoms with Crippen LogP contribution in [0, 0.1) is 0 Å². The highest BCUT2D eigenvalue weighted by Gasteiger charge is 2.43. The van der Waals surface area contributed by atoms with Gasteiger partial charge in [0.25, 0.3) is 0 Å². The van der Waals surface area contributed by atoms with E-state index in [2.05, 4.69) is 5.32 Å². The number of hydrogen-bond acceptors (Lipinski definition) is 7. The van der Waals surface area contributed by atoms with Crippen LogP contribution in [0.15, 0.2) is 0 Å². The van der Waals surface area contributed by atoms with Gasteiger partial charge in [-0.3, -0.25) is 0 Å². The molecule has 1 heterocycles. The summed E-state index contributed by atoms with van der Waals surface area (Å²) in [5, 5.41) is 39.7. The molecule has 0 bridgehead atoms. The van der Waals surface area contributed by atoms with Gasteiger partial charge in [-0.1, -0.05) is 0 Å². The summed E-state index contributed by atoms with van der Waals surface area (Å²) in [4.78, 5) is 10.4. The van der Waals surface area contributed by atoms with Crippen LogP contribution >= 0.6 is 0 Å². The smallest absolute Gasteiger partial charge is 0.173 e. The minimum atomic E-state index is -1.46. The molecule has 0 aliphatic carbocycles. The molecule has 1 fully saturated rings. The molecule has 5 N–H and O–H groups in total. The predicted octanol–water partition coefficient (Wildman–Crippen LogP) is -3.43. The lowest BCUT2D eigenvalue weighted by Crippen LogP contribution is -2.63. The van der Waals surface area contributed by atoms with Gasteiger partial charge in [-0.15, -0.1) is 0 Å². The lowest BCUT2D eigenvalue weighted by atomic mass is 9.97. The van der Waals surface area contributed by atoms with E-state index in [0.29, 0.717) is 0 Å². The monoisotopic (exact) mass is 222 g/mol. The molecule has 0 saturated carbocycles. The van der Waals surface area contributed by atoms with E-state index in [1.165, 1.54) is 0 Å². The topological polar surface area (TPSA) is 119 Å². The third kappa shape index (κ3) is 2.71. The summed E-state index contributed by atoms with van der Waals surface area (Å²) in [6.45, 7) is -0.919. The van der Waals surface area contributed by atoms with Crippen molar-refractivity contribution in [1.82, 2.24) is 5.32 Å². The Morgan fingerprint density at radius 3 is 2.60 bits per heavy atom. The molecule has 88 valence electrons. The third-order valence-electron chi connectivity index (χ3n) is 2.31. The first-order valence-electron chi connectivity index (χ1n) is 5.00. The van der Waals surface area contributed by atoms with E-state index in [-0.39, 0.29) is 6.54 Å². The summed E-state index contributed by atoms with van der Waals surface area (Å²) in [5.41, 5.74) is 0. The SMILES string of the molecule is [2H]C(=O)CN[C@H]1C(O)O[C@H](CO)[C@@H](O)[C@@H]1O. The fourth-order valence-electron chi connectivity index (χ4n) is 1.48. The zero-order valence-corrected chi connectivity index (χ0v) is 7.91. The fraction of sp³-hybridized carbons (Fsp3) is 0.875. The third-order valence-corrected chi connectivity index (χ3v) is 2.31. The highest BCUT2D eigenvalue weighted by atomic mass is 16.6. The van der Waals surface area contributed by atoms with Crippen LogP contribution < -0.4 is 5.32 Å². The molecule has 1 aliphatic heterocycles. The highest BCUT2D eigenvalue weighted by molar-refractivity contribution is 5.51. The van der Waals surface area contributed by atoms with E-state index in [9.17, 15) is 20.1 Å². The van der Waals surface area contributed by atoms with E-state index in [0.717, 1.165) is 0 Å². The quantitative estimate of drug-likeness (QED) is 0.314. The second-order valence-electron chi connectivity index (χ2n) is 3.28. The van der Waals surface area contributed by atoms with Crippen molar-refractivity contribution in [2.75, 3.05) is 13.2 Å². The Labute approximate surface area is 87.7 Å². The Morgan fingerprint density at radius 2 is 2.07 bits per heavy atom. The summed E-state index contributed by atoms with van der Waals surface area (Å²) in [6, 6.07) is -1.08. The van der Waals surface area contributed by atoms with Crippen molar-refractivity contribution in [1.29, 1.82) is 0 Å². The van der Waals surface area contributed by atoms with Gasteiger partial charge < -0.3 is 35.3 Å². The maximum atomic E-state index is 10.4. The lowest BCUT2D eigenvalue weighted by Gasteiger charge is -2.40. The second-order valence-corrected chi connectivity index (χ2v) is 3.28. The molecule has 0 spiro atoms. The van der Waals surface area contributed by atoms with Gasteiger partial charge in [0.15, 0.2) is 6.29 Å². The van der Waals surface area contributed by atoms with Crippen LogP contribution in [0.4, 0.5) is 0 Å². The van der Waals surface area contributed by atoms with Crippen molar-refractivity contribution in [2.45, 2.75) is 30.6 Å². The van der Waals surface area contributed by atoms with Crippen molar-refractivity contribution < 1.29 is 31.3 Å². The Kier molecular flexibility index (Phi) is 4.01. The van der Waals surface area contributed by atoms with Gasteiger partial charge in [-0.05, 0) is 0 Å². The molecule has 7 heteroatoms. The average molecular weight is 222 g/mol. The van der Waals surface area contributed by atoms with Gasteiger partial charge in [-0.25, -0.2) is 0 Å². The Hall–Kier alpha value is -0.570. The van der Waals surface area contributed by atoms with Crippen LogP contribution in [-0.4, -0.2) is 70.5 Å². The van der Waals surface area contributed by atoms with Crippen LogP contribution in [0.2, 0.25) is 0 Å². The van der Waals surface area contributed by atoms with E-state index in [1.54, 1.807) is 0 Å². The van der Waals surface area contributed by atoms with Gasteiger partial charge in [-0.2, -0.15) is 0 Å². The lowest BCUT2D eigenvalue weighted by molar-refractivity contribution is -0.254. The number of aliphatic hydroxyl groups excluding tert-OH is 4. The van der Waals surface area contributed by atoms with Crippen LogP contribution in [0.3, 0.4) is 0 Å². The summed E-state index contributed by atoms with van der Waals surface area (Å²) in [5.74, 6) is 0. The Balaban J connectivity index is 2.60. The number of nitrogens with one attached hydrogen (secondary N) is 1. The van der Waals surface area contributed by atoms with E-state index < -0.39 is 43.5 Å². The standard InChI is InChI=1S/C8H15NO6/c10-2-1-9-5-7(13)6(12)4(3-11)15-8(5)14/h2,4-9,11-14H,1,3H2/t4-,5-,6-,7-,8?/m1/s1/i2D. The van der Waals surface area contributed by atoms with Crippen molar-refractivity contribution in [3.63, 3.8) is 0 Å². The van der Waals surface area contributed by atoms with E-state index in [1.807, 2.05) is 0 Å². The largest absolute Gasteiger partial charge is 0.394 e. The van der Waals surface area contributed by atoms with Crippen molar-refractivity contribution in [3.05, 3.63) is 0 Å². The average Bonchev–Trinajstić information content (AvgIpc) is 2.22. The summed E-state index contributed by atoms with van der Waals surface area (Å²) in [6.07, 6.45) is -6.21. The van der Waals surface area contributed by atoms with Gasteiger partial charge in [0.1, 0.15) is 25.9 Å². The van der Waals surface area contributed by atoms with Crippen molar-refractivity contribution >= 4 is 6.26 Å². The van der Waals surface area contributed by atoms with Crippen LogP contribution in [-0.2, 0) is 9.53 Å². The first-order valence-corrected chi connectivity index (χ1v) is 4.50.